The van der Waals surface area contributed by atoms with E-state index in [1.165, 1.54) is 5.56 Å². The lowest BCUT2D eigenvalue weighted by molar-refractivity contribution is 0.719. The second-order valence-corrected chi connectivity index (χ2v) is 5.40. The molecule has 18 heavy (non-hydrogen) atoms. The third-order valence-corrected chi connectivity index (χ3v) is 3.59. The zero-order valence-corrected chi connectivity index (χ0v) is 11.8. The van der Waals surface area contributed by atoms with Gasteiger partial charge in [-0.25, -0.2) is 0 Å². The van der Waals surface area contributed by atoms with Crippen LogP contribution in [-0.2, 0) is 6.42 Å². The summed E-state index contributed by atoms with van der Waals surface area (Å²) in [4.78, 5) is 0. The molecule has 0 spiro atoms. The van der Waals surface area contributed by atoms with Gasteiger partial charge in [0.15, 0.2) is 0 Å². The van der Waals surface area contributed by atoms with Crippen molar-refractivity contribution in [2.24, 2.45) is 5.92 Å². The van der Waals surface area contributed by atoms with Crippen molar-refractivity contribution in [1.82, 2.24) is 0 Å². The summed E-state index contributed by atoms with van der Waals surface area (Å²) in [5.41, 5.74) is 3.34. The average molecular weight is 278 g/mol. The number of rotatable bonds is 3. The normalized spacial score (nSPS) is 10.9. The van der Waals surface area contributed by atoms with Crippen LogP contribution in [0.1, 0.15) is 12.5 Å². The van der Waals surface area contributed by atoms with Crippen LogP contribution in [0.2, 0.25) is 10.0 Å². The zero-order chi connectivity index (χ0) is 13.1. The Morgan fingerprint density at radius 1 is 1.11 bits per heavy atom. The molecule has 1 radical (unpaired) electrons. The fourth-order valence-electron chi connectivity index (χ4n) is 1.99. The van der Waals surface area contributed by atoms with Gasteiger partial charge in [-0.2, -0.15) is 0 Å². The second kappa shape index (κ2) is 5.77. The Morgan fingerprint density at radius 3 is 2.56 bits per heavy atom. The Bertz CT molecular complexity index is 545. The first-order chi connectivity index (χ1) is 8.58. The Kier molecular flexibility index (Phi) is 4.31. The van der Waals surface area contributed by atoms with E-state index in [1.54, 1.807) is 6.07 Å². The minimum atomic E-state index is 0.398. The molecule has 2 aromatic carbocycles. The van der Waals surface area contributed by atoms with E-state index in [4.69, 9.17) is 23.2 Å². The van der Waals surface area contributed by atoms with E-state index in [-0.39, 0.29) is 0 Å². The minimum absolute atomic E-state index is 0.398. The van der Waals surface area contributed by atoms with Crippen LogP contribution in [0.3, 0.4) is 0 Å². The monoisotopic (exact) mass is 277 g/mol. The number of benzene rings is 2. The highest BCUT2D eigenvalue weighted by Gasteiger charge is 2.07. The van der Waals surface area contributed by atoms with Crippen molar-refractivity contribution < 1.29 is 0 Å². The maximum atomic E-state index is 6.24. The largest absolute Gasteiger partial charge is 0.0827 e. The van der Waals surface area contributed by atoms with Crippen molar-refractivity contribution in [3.8, 4) is 11.1 Å². The minimum Gasteiger partial charge on any atom is -0.0827 e. The standard InChI is InChI=1S/C16H15Cl2/c1-11(2)9-12-5-3-6-13(10-12)14-7-4-8-15(17)16(14)18/h3-8,10-11H,1,9H2,2H3. The zero-order valence-electron chi connectivity index (χ0n) is 10.3. The van der Waals surface area contributed by atoms with E-state index in [1.807, 2.05) is 18.2 Å². The Labute approximate surface area is 119 Å². The molecule has 0 aromatic heterocycles. The maximum absolute atomic E-state index is 6.24. The molecular formula is C16H15Cl2. The summed E-state index contributed by atoms with van der Waals surface area (Å²) in [6.07, 6.45) is 0.964. The Balaban J connectivity index is 2.41. The molecule has 93 valence electrons. The van der Waals surface area contributed by atoms with Gasteiger partial charge < -0.3 is 0 Å². The first-order valence-corrected chi connectivity index (χ1v) is 6.70. The van der Waals surface area contributed by atoms with Crippen molar-refractivity contribution in [2.75, 3.05) is 0 Å². The number of halogens is 2. The van der Waals surface area contributed by atoms with Crippen molar-refractivity contribution in [3.63, 3.8) is 0 Å². The van der Waals surface area contributed by atoms with Gasteiger partial charge in [-0.15, -0.1) is 0 Å². The van der Waals surface area contributed by atoms with Crippen LogP contribution in [0.5, 0.6) is 0 Å². The molecule has 0 nitrogen and oxygen atoms in total. The molecule has 0 N–H and O–H groups in total. The number of hydrogen-bond donors (Lipinski definition) is 0. The molecule has 2 heteroatoms. The van der Waals surface area contributed by atoms with Crippen LogP contribution >= 0.6 is 23.2 Å². The highest BCUT2D eigenvalue weighted by Crippen LogP contribution is 2.33. The molecule has 0 saturated heterocycles. The lowest BCUT2D eigenvalue weighted by Gasteiger charge is -2.09. The van der Waals surface area contributed by atoms with Gasteiger partial charge >= 0.3 is 0 Å². The molecule has 1 atom stereocenters. The second-order valence-electron chi connectivity index (χ2n) is 4.61. The molecule has 2 rings (SSSR count). The van der Waals surface area contributed by atoms with Gasteiger partial charge in [-0.3, -0.25) is 0 Å². The lowest BCUT2D eigenvalue weighted by atomic mass is 9.98. The summed E-state index contributed by atoms with van der Waals surface area (Å²) in [6, 6.07) is 14.1. The summed E-state index contributed by atoms with van der Waals surface area (Å²) >= 11 is 12.3. The van der Waals surface area contributed by atoms with Crippen molar-refractivity contribution in [1.29, 1.82) is 0 Å². The van der Waals surface area contributed by atoms with E-state index >= 15 is 0 Å². The maximum Gasteiger partial charge on any atom is 0.0670 e. The van der Waals surface area contributed by atoms with Crippen LogP contribution in [0, 0.1) is 12.8 Å². The van der Waals surface area contributed by atoms with E-state index in [0.29, 0.717) is 16.0 Å². The molecule has 0 bridgehead atoms. The summed E-state index contributed by atoms with van der Waals surface area (Å²) in [5, 5.41) is 1.20. The van der Waals surface area contributed by atoms with Crippen LogP contribution in [0.4, 0.5) is 0 Å². The smallest absolute Gasteiger partial charge is 0.0670 e. The summed E-state index contributed by atoms with van der Waals surface area (Å²) in [6.45, 7) is 6.13. The molecule has 0 amide bonds. The topological polar surface area (TPSA) is 0 Å². The van der Waals surface area contributed by atoms with Gasteiger partial charge in [0.25, 0.3) is 0 Å². The van der Waals surface area contributed by atoms with Crippen LogP contribution in [0.15, 0.2) is 42.5 Å². The van der Waals surface area contributed by atoms with Gasteiger partial charge in [0, 0.05) is 5.56 Å². The molecular weight excluding hydrogens is 263 g/mol. The van der Waals surface area contributed by atoms with E-state index in [2.05, 4.69) is 32.0 Å². The molecule has 0 fully saturated rings. The number of hydrogen-bond acceptors (Lipinski definition) is 0. The van der Waals surface area contributed by atoms with Gasteiger partial charge in [0.05, 0.1) is 10.0 Å². The average Bonchev–Trinajstić information content (AvgIpc) is 2.32. The van der Waals surface area contributed by atoms with Crippen LogP contribution in [0.25, 0.3) is 11.1 Å². The summed E-state index contributed by atoms with van der Waals surface area (Å²) < 4.78 is 0. The fraction of sp³-hybridized carbons (Fsp3) is 0.188. The Morgan fingerprint density at radius 2 is 1.83 bits per heavy atom. The Hall–Kier alpha value is -0.980. The van der Waals surface area contributed by atoms with Crippen molar-refractivity contribution in [3.05, 3.63) is 65.0 Å². The van der Waals surface area contributed by atoms with Crippen molar-refractivity contribution >= 4 is 23.2 Å². The first kappa shape index (κ1) is 13.5. The predicted octanol–water partition coefficient (Wildman–Crippen LogP) is 5.67. The van der Waals surface area contributed by atoms with Crippen LogP contribution < -0.4 is 0 Å². The highest BCUT2D eigenvalue weighted by atomic mass is 35.5. The third-order valence-electron chi connectivity index (χ3n) is 2.77. The van der Waals surface area contributed by atoms with E-state index in [0.717, 1.165) is 17.5 Å². The molecule has 1 unspecified atom stereocenters. The predicted molar refractivity (Wildman–Crippen MR) is 80.1 cm³/mol. The van der Waals surface area contributed by atoms with Gasteiger partial charge in [0.2, 0.25) is 0 Å². The molecule has 0 saturated carbocycles. The molecule has 0 aliphatic heterocycles. The SMILES string of the molecule is [CH2]C(C)Cc1cccc(-c2cccc(Cl)c2Cl)c1. The van der Waals surface area contributed by atoms with Crippen LogP contribution in [-0.4, -0.2) is 0 Å². The summed E-state index contributed by atoms with van der Waals surface area (Å²) in [5.74, 6) is 0.398. The van der Waals surface area contributed by atoms with E-state index in [9.17, 15) is 0 Å². The van der Waals surface area contributed by atoms with Crippen molar-refractivity contribution in [2.45, 2.75) is 13.3 Å². The van der Waals surface area contributed by atoms with Gasteiger partial charge in [0.1, 0.15) is 0 Å². The fourth-order valence-corrected chi connectivity index (χ4v) is 2.40. The molecule has 2 aromatic rings. The molecule has 0 aliphatic rings. The molecule has 0 aliphatic carbocycles. The third kappa shape index (κ3) is 3.07. The molecule has 0 heterocycles. The first-order valence-electron chi connectivity index (χ1n) is 5.94. The lowest BCUT2D eigenvalue weighted by Crippen LogP contribution is -1.94. The highest BCUT2D eigenvalue weighted by molar-refractivity contribution is 6.43. The van der Waals surface area contributed by atoms with Gasteiger partial charge in [-0.05, 0) is 29.5 Å². The quantitative estimate of drug-likeness (QED) is 0.678. The van der Waals surface area contributed by atoms with Gasteiger partial charge in [-0.1, -0.05) is 73.4 Å². The summed E-state index contributed by atoms with van der Waals surface area (Å²) in [7, 11) is 0. The van der Waals surface area contributed by atoms with E-state index < -0.39 is 0 Å².